The van der Waals surface area contributed by atoms with Crippen molar-refractivity contribution in [1.82, 2.24) is 5.32 Å². The van der Waals surface area contributed by atoms with Gasteiger partial charge in [-0.1, -0.05) is 35.9 Å². The van der Waals surface area contributed by atoms with E-state index in [1.165, 1.54) is 0 Å². The van der Waals surface area contributed by atoms with Crippen molar-refractivity contribution in [2.45, 2.75) is 18.6 Å². The molecule has 1 amide bonds. The number of carbonyl (C=O) groups excluding carboxylic acids is 1. The highest BCUT2D eigenvalue weighted by Crippen LogP contribution is 2.39. The van der Waals surface area contributed by atoms with Crippen LogP contribution in [0.1, 0.15) is 5.56 Å². The zero-order valence-electron chi connectivity index (χ0n) is 11.7. The number of carbonyl (C=O) groups is 2. The molecule has 0 saturated carbocycles. The molecule has 5 nitrogen and oxygen atoms in total. The van der Waals surface area contributed by atoms with Crippen LogP contribution in [0.2, 0.25) is 5.02 Å². The van der Waals surface area contributed by atoms with Gasteiger partial charge in [-0.3, -0.25) is 9.59 Å². The predicted octanol–water partition coefficient (Wildman–Crippen LogP) is 1.65. The number of nitrogens with one attached hydrogen (secondary N) is 1. The SMILES string of the molecule is O=C(O)[C@@H]1[C@H](C(=O)NCCc2cccc(Cl)c2)[C@@H]2C=C[C@H]1O2. The summed E-state index contributed by atoms with van der Waals surface area (Å²) in [5, 5.41) is 12.7. The van der Waals surface area contributed by atoms with Gasteiger partial charge in [-0.2, -0.15) is 0 Å². The number of amides is 1. The monoisotopic (exact) mass is 321 g/mol. The maximum Gasteiger partial charge on any atom is 0.310 e. The van der Waals surface area contributed by atoms with Crippen LogP contribution in [0.4, 0.5) is 0 Å². The normalized spacial score (nSPS) is 28.8. The van der Waals surface area contributed by atoms with E-state index in [1.807, 2.05) is 18.2 Å². The molecule has 0 aromatic heterocycles. The lowest BCUT2D eigenvalue weighted by atomic mass is 9.82. The molecule has 2 aliphatic rings. The summed E-state index contributed by atoms with van der Waals surface area (Å²) in [4.78, 5) is 23.6. The Labute approximate surface area is 132 Å². The first-order valence-corrected chi connectivity index (χ1v) is 7.53. The van der Waals surface area contributed by atoms with Crippen LogP contribution in [-0.2, 0) is 20.7 Å². The van der Waals surface area contributed by atoms with Gasteiger partial charge in [0.1, 0.15) is 5.92 Å². The summed E-state index contributed by atoms with van der Waals surface area (Å²) in [5.41, 5.74) is 1.02. The largest absolute Gasteiger partial charge is 0.481 e. The smallest absolute Gasteiger partial charge is 0.310 e. The van der Waals surface area contributed by atoms with Gasteiger partial charge in [-0.25, -0.2) is 0 Å². The van der Waals surface area contributed by atoms with Gasteiger partial charge in [0.25, 0.3) is 0 Å². The zero-order chi connectivity index (χ0) is 15.7. The van der Waals surface area contributed by atoms with E-state index in [-0.39, 0.29) is 5.91 Å². The Morgan fingerprint density at radius 2 is 1.95 bits per heavy atom. The number of hydrogen-bond acceptors (Lipinski definition) is 3. The van der Waals surface area contributed by atoms with Crippen molar-refractivity contribution in [3.63, 3.8) is 0 Å². The van der Waals surface area contributed by atoms with Crippen LogP contribution in [0.5, 0.6) is 0 Å². The fourth-order valence-corrected chi connectivity index (χ4v) is 3.27. The number of carboxylic acid groups (broad SMARTS) is 1. The molecule has 0 spiro atoms. The van der Waals surface area contributed by atoms with E-state index >= 15 is 0 Å². The van der Waals surface area contributed by atoms with Gasteiger partial charge < -0.3 is 15.2 Å². The predicted molar refractivity (Wildman–Crippen MR) is 80.6 cm³/mol. The highest BCUT2D eigenvalue weighted by atomic mass is 35.5. The number of carboxylic acids is 1. The summed E-state index contributed by atoms with van der Waals surface area (Å²) in [6.07, 6.45) is 3.20. The molecule has 1 aromatic carbocycles. The average Bonchev–Trinajstić information content (AvgIpc) is 3.07. The molecule has 1 fully saturated rings. The van der Waals surface area contributed by atoms with Crippen LogP contribution in [0.3, 0.4) is 0 Å². The van der Waals surface area contributed by atoms with Gasteiger partial charge in [0.05, 0.1) is 18.1 Å². The molecule has 1 aromatic rings. The molecular weight excluding hydrogens is 306 g/mol. The lowest BCUT2D eigenvalue weighted by Gasteiger charge is -2.20. The van der Waals surface area contributed by atoms with E-state index in [0.29, 0.717) is 18.0 Å². The van der Waals surface area contributed by atoms with Gasteiger partial charge >= 0.3 is 5.97 Å². The number of hydrogen-bond donors (Lipinski definition) is 2. The van der Waals surface area contributed by atoms with E-state index in [0.717, 1.165) is 5.56 Å². The van der Waals surface area contributed by atoms with Crippen molar-refractivity contribution in [3.05, 3.63) is 47.0 Å². The molecule has 0 unspecified atom stereocenters. The van der Waals surface area contributed by atoms with E-state index in [1.54, 1.807) is 18.2 Å². The molecule has 4 atom stereocenters. The van der Waals surface area contributed by atoms with Crippen LogP contribution in [0, 0.1) is 11.8 Å². The number of aliphatic carboxylic acids is 1. The Morgan fingerprint density at radius 1 is 1.23 bits per heavy atom. The summed E-state index contributed by atoms with van der Waals surface area (Å²) in [6.45, 7) is 0.434. The van der Waals surface area contributed by atoms with Crippen LogP contribution < -0.4 is 5.32 Å². The number of ether oxygens (including phenoxy) is 1. The third kappa shape index (κ3) is 2.87. The fraction of sp³-hybridized carbons (Fsp3) is 0.375. The van der Waals surface area contributed by atoms with E-state index < -0.39 is 30.0 Å². The summed E-state index contributed by atoms with van der Waals surface area (Å²) in [6, 6.07) is 7.42. The third-order valence-electron chi connectivity index (χ3n) is 4.09. The highest BCUT2D eigenvalue weighted by Gasteiger charge is 2.53. The third-order valence-corrected chi connectivity index (χ3v) is 4.32. The summed E-state index contributed by atoms with van der Waals surface area (Å²) in [5.74, 6) is -2.73. The molecule has 2 bridgehead atoms. The Kier molecular flexibility index (Phi) is 4.18. The van der Waals surface area contributed by atoms with Crippen molar-refractivity contribution in [2.24, 2.45) is 11.8 Å². The standard InChI is InChI=1S/C16H16ClNO4/c17-10-3-1-2-9(8-10)6-7-18-15(19)13-11-4-5-12(22-11)14(13)16(20)21/h1-5,8,11-14H,6-7H2,(H,18,19)(H,20,21)/t11-,12+,13+,14-/m0/s1. The highest BCUT2D eigenvalue weighted by molar-refractivity contribution is 6.30. The molecule has 22 heavy (non-hydrogen) atoms. The zero-order valence-corrected chi connectivity index (χ0v) is 12.5. The molecule has 1 saturated heterocycles. The summed E-state index contributed by atoms with van der Waals surface area (Å²) < 4.78 is 5.49. The van der Waals surface area contributed by atoms with Crippen LogP contribution in [0.25, 0.3) is 0 Å². The first kappa shape index (κ1) is 15.1. The maximum atomic E-state index is 12.3. The van der Waals surface area contributed by atoms with Gasteiger partial charge in [0.15, 0.2) is 0 Å². The van der Waals surface area contributed by atoms with Crippen LogP contribution >= 0.6 is 11.6 Å². The summed E-state index contributed by atoms with van der Waals surface area (Å²) >= 11 is 5.91. The minimum absolute atomic E-state index is 0.272. The molecule has 6 heteroatoms. The first-order chi connectivity index (χ1) is 10.6. The number of rotatable bonds is 5. The second kappa shape index (κ2) is 6.10. The van der Waals surface area contributed by atoms with Crippen LogP contribution in [-0.4, -0.2) is 35.7 Å². The average molecular weight is 322 g/mol. The topological polar surface area (TPSA) is 75.6 Å². The van der Waals surface area contributed by atoms with Crippen molar-refractivity contribution in [2.75, 3.05) is 6.54 Å². The van der Waals surface area contributed by atoms with Gasteiger partial charge in [-0.05, 0) is 24.1 Å². The quantitative estimate of drug-likeness (QED) is 0.809. The van der Waals surface area contributed by atoms with Crippen molar-refractivity contribution >= 4 is 23.5 Å². The Bertz CT molecular complexity index is 630. The second-order valence-electron chi connectivity index (χ2n) is 5.51. The number of halogens is 1. The van der Waals surface area contributed by atoms with Gasteiger partial charge in [-0.15, -0.1) is 0 Å². The minimum Gasteiger partial charge on any atom is -0.481 e. The maximum absolute atomic E-state index is 12.3. The minimum atomic E-state index is -0.994. The molecule has 2 N–H and O–H groups in total. The summed E-state index contributed by atoms with van der Waals surface area (Å²) in [7, 11) is 0. The van der Waals surface area contributed by atoms with Crippen molar-refractivity contribution in [1.29, 1.82) is 0 Å². The van der Waals surface area contributed by atoms with Gasteiger partial charge in [0, 0.05) is 11.6 Å². The number of fused-ring (bicyclic) bond motifs is 2. The Hall–Kier alpha value is -1.85. The molecule has 2 aliphatic heterocycles. The van der Waals surface area contributed by atoms with Gasteiger partial charge in [0.2, 0.25) is 5.91 Å². The van der Waals surface area contributed by atoms with Crippen LogP contribution in [0.15, 0.2) is 36.4 Å². The lowest BCUT2D eigenvalue weighted by Crippen LogP contribution is -2.43. The van der Waals surface area contributed by atoms with E-state index in [4.69, 9.17) is 16.3 Å². The second-order valence-corrected chi connectivity index (χ2v) is 5.95. The molecule has 2 heterocycles. The van der Waals surface area contributed by atoms with E-state index in [2.05, 4.69) is 5.32 Å². The lowest BCUT2D eigenvalue weighted by molar-refractivity contribution is -0.146. The Balaban J connectivity index is 1.58. The van der Waals surface area contributed by atoms with Crippen molar-refractivity contribution < 1.29 is 19.4 Å². The molecule has 0 radical (unpaired) electrons. The van der Waals surface area contributed by atoms with Crippen molar-refractivity contribution in [3.8, 4) is 0 Å². The molecular formula is C16H16ClNO4. The number of benzene rings is 1. The first-order valence-electron chi connectivity index (χ1n) is 7.15. The molecule has 3 rings (SSSR count). The van der Waals surface area contributed by atoms with E-state index in [9.17, 15) is 14.7 Å². The fourth-order valence-electron chi connectivity index (χ4n) is 3.06. The Morgan fingerprint density at radius 3 is 2.64 bits per heavy atom. The molecule has 116 valence electrons. The molecule has 0 aliphatic carbocycles.